The van der Waals surface area contributed by atoms with Gasteiger partial charge in [0.25, 0.3) is 0 Å². The van der Waals surface area contributed by atoms with Crippen LogP contribution in [0.25, 0.3) is 11.1 Å². The van der Waals surface area contributed by atoms with Crippen molar-refractivity contribution < 1.29 is 9.47 Å². The first-order valence-corrected chi connectivity index (χ1v) is 4.92. The van der Waals surface area contributed by atoms with Crippen LogP contribution in [0.3, 0.4) is 0 Å². The van der Waals surface area contributed by atoms with Crippen LogP contribution >= 0.6 is 0 Å². The Morgan fingerprint density at radius 2 is 2.19 bits per heavy atom. The summed E-state index contributed by atoms with van der Waals surface area (Å²) < 4.78 is 12.3. The molecule has 0 aliphatic carbocycles. The number of benzene rings is 1. The molecule has 0 saturated carbocycles. The molecule has 3 rings (SSSR count). The fourth-order valence-corrected chi connectivity index (χ4v) is 1.77. The molecule has 2 N–H and O–H groups in total. The van der Waals surface area contributed by atoms with E-state index in [1.165, 1.54) is 0 Å². The predicted molar refractivity (Wildman–Crippen MR) is 59.2 cm³/mol. The maximum absolute atomic E-state index is 5.88. The number of rotatable bonds is 1. The van der Waals surface area contributed by atoms with Gasteiger partial charge in [0.1, 0.15) is 0 Å². The molecule has 1 aromatic heterocycles. The molecule has 1 aromatic carbocycles. The van der Waals surface area contributed by atoms with Gasteiger partial charge in [-0.05, 0) is 17.7 Å². The van der Waals surface area contributed by atoms with E-state index in [0.29, 0.717) is 17.2 Å². The van der Waals surface area contributed by atoms with Crippen LogP contribution in [0.2, 0.25) is 0 Å². The number of nitrogens with zero attached hydrogens (tertiary/aromatic N) is 2. The zero-order chi connectivity index (χ0) is 11.1. The fraction of sp³-hybridized carbons (Fsp3) is 0.182. The van der Waals surface area contributed by atoms with Gasteiger partial charge in [0.05, 0.1) is 11.9 Å². The maximum atomic E-state index is 5.88. The van der Waals surface area contributed by atoms with E-state index in [-0.39, 0.29) is 6.79 Å². The number of aromatic nitrogens is 2. The molecular weight excluding hydrogens is 206 g/mol. The SMILES string of the molecule is Cn1cc(-c2cc(N)c3c(c2)OCO3)cn1. The monoisotopic (exact) mass is 217 g/mol. The Labute approximate surface area is 92.4 Å². The molecule has 0 fully saturated rings. The van der Waals surface area contributed by atoms with E-state index in [1.807, 2.05) is 25.4 Å². The molecule has 16 heavy (non-hydrogen) atoms. The summed E-state index contributed by atoms with van der Waals surface area (Å²) >= 11 is 0. The van der Waals surface area contributed by atoms with E-state index in [4.69, 9.17) is 15.2 Å². The van der Waals surface area contributed by atoms with Crippen LogP contribution in [0.15, 0.2) is 24.5 Å². The van der Waals surface area contributed by atoms with E-state index >= 15 is 0 Å². The number of hydrogen-bond acceptors (Lipinski definition) is 4. The Bertz CT molecular complexity index is 548. The molecule has 0 atom stereocenters. The van der Waals surface area contributed by atoms with Gasteiger partial charge in [-0.1, -0.05) is 0 Å². The lowest BCUT2D eigenvalue weighted by atomic mass is 10.1. The Morgan fingerprint density at radius 1 is 1.31 bits per heavy atom. The highest BCUT2D eigenvalue weighted by Gasteiger charge is 2.18. The van der Waals surface area contributed by atoms with Crippen molar-refractivity contribution in [3.05, 3.63) is 24.5 Å². The van der Waals surface area contributed by atoms with Crippen molar-refractivity contribution in [2.24, 2.45) is 7.05 Å². The lowest BCUT2D eigenvalue weighted by Gasteiger charge is -2.03. The lowest BCUT2D eigenvalue weighted by Crippen LogP contribution is -1.94. The van der Waals surface area contributed by atoms with E-state index < -0.39 is 0 Å². The van der Waals surface area contributed by atoms with Crippen molar-refractivity contribution in [3.8, 4) is 22.6 Å². The van der Waals surface area contributed by atoms with E-state index in [1.54, 1.807) is 10.9 Å². The fourth-order valence-electron chi connectivity index (χ4n) is 1.77. The smallest absolute Gasteiger partial charge is 0.231 e. The zero-order valence-electron chi connectivity index (χ0n) is 8.80. The van der Waals surface area contributed by atoms with Gasteiger partial charge in [-0.25, -0.2) is 0 Å². The predicted octanol–water partition coefficient (Wildman–Crippen LogP) is 1.40. The summed E-state index contributed by atoms with van der Waals surface area (Å²) in [6.45, 7) is 0.232. The number of fused-ring (bicyclic) bond motifs is 1. The normalized spacial score (nSPS) is 13.1. The van der Waals surface area contributed by atoms with Crippen molar-refractivity contribution in [1.29, 1.82) is 0 Å². The molecule has 5 heteroatoms. The van der Waals surface area contributed by atoms with Gasteiger partial charge in [0.2, 0.25) is 6.79 Å². The summed E-state index contributed by atoms with van der Waals surface area (Å²) in [4.78, 5) is 0. The second kappa shape index (κ2) is 3.16. The summed E-state index contributed by atoms with van der Waals surface area (Å²) in [5.41, 5.74) is 8.46. The molecule has 2 aromatic rings. The van der Waals surface area contributed by atoms with Crippen molar-refractivity contribution in [3.63, 3.8) is 0 Å². The Kier molecular flexibility index (Phi) is 1.80. The first-order chi connectivity index (χ1) is 7.74. The van der Waals surface area contributed by atoms with Crippen LogP contribution in [-0.4, -0.2) is 16.6 Å². The average Bonchev–Trinajstić information content (AvgIpc) is 2.85. The average molecular weight is 217 g/mol. The summed E-state index contributed by atoms with van der Waals surface area (Å²) in [5, 5.41) is 4.12. The third-order valence-electron chi connectivity index (χ3n) is 2.54. The minimum atomic E-state index is 0.232. The third kappa shape index (κ3) is 1.29. The third-order valence-corrected chi connectivity index (χ3v) is 2.54. The van der Waals surface area contributed by atoms with Gasteiger partial charge >= 0.3 is 0 Å². The lowest BCUT2D eigenvalue weighted by molar-refractivity contribution is 0.174. The van der Waals surface area contributed by atoms with E-state index in [2.05, 4.69) is 5.10 Å². The topological polar surface area (TPSA) is 62.3 Å². The zero-order valence-corrected chi connectivity index (χ0v) is 8.80. The Balaban J connectivity index is 2.12. The second-order valence-corrected chi connectivity index (χ2v) is 3.70. The number of anilines is 1. The second-order valence-electron chi connectivity index (χ2n) is 3.70. The van der Waals surface area contributed by atoms with Crippen molar-refractivity contribution in [1.82, 2.24) is 9.78 Å². The number of nitrogens with two attached hydrogens (primary N) is 1. The van der Waals surface area contributed by atoms with Crippen LogP contribution in [0, 0.1) is 0 Å². The summed E-state index contributed by atoms with van der Waals surface area (Å²) in [6, 6.07) is 3.78. The molecule has 5 nitrogen and oxygen atoms in total. The molecule has 0 spiro atoms. The number of hydrogen-bond donors (Lipinski definition) is 1. The minimum absolute atomic E-state index is 0.232. The van der Waals surface area contributed by atoms with E-state index in [0.717, 1.165) is 11.1 Å². The molecule has 0 saturated heterocycles. The quantitative estimate of drug-likeness (QED) is 0.733. The number of nitrogen functional groups attached to an aromatic ring is 1. The van der Waals surface area contributed by atoms with Gasteiger partial charge in [-0.2, -0.15) is 5.10 Å². The highest BCUT2D eigenvalue weighted by molar-refractivity contribution is 5.74. The van der Waals surface area contributed by atoms with Gasteiger partial charge in [-0.3, -0.25) is 4.68 Å². The van der Waals surface area contributed by atoms with Crippen molar-refractivity contribution in [2.75, 3.05) is 12.5 Å². The van der Waals surface area contributed by atoms with Crippen LogP contribution in [0.1, 0.15) is 0 Å². The van der Waals surface area contributed by atoms with Crippen LogP contribution in [0.4, 0.5) is 5.69 Å². The highest BCUT2D eigenvalue weighted by atomic mass is 16.7. The Morgan fingerprint density at radius 3 is 2.94 bits per heavy atom. The minimum Gasteiger partial charge on any atom is -0.453 e. The van der Waals surface area contributed by atoms with E-state index in [9.17, 15) is 0 Å². The molecule has 0 radical (unpaired) electrons. The van der Waals surface area contributed by atoms with Crippen LogP contribution in [-0.2, 0) is 7.05 Å². The van der Waals surface area contributed by atoms with Gasteiger partial charge in [-0.15, -0.1) is 0 Å². The Hall–Kier alpha value is -2.17. The first kappa shape index (κ1) is 9.08. The number of aryl methyl sites for hydroxylation is 1. The van der Waals surface area contributed by atoms with Gasteiger partial charge < -0.3 is 15.2 Å². The molecular formula is C11H11N3O2. The standard InChI is InChI=1S/C11H11N3O2/c1-14-5-8(4-13-14)7-2-9(12)11-10(3-7)15-6-16-11/h2-5H,6,12H2,1H3. The van der Waals surface area contributed by atoms with Gasteiger partial charge in [0.15, 0.2) is 11.5 Å². The van der Waals surface area contributed by atoms with Crippen molar-refractivity contribution >= 4 is 5.69 Å². The van der Waals surface area contributed by atoms with Crippen LogP contribution in [0.5, 0.6) is 11.5 Å². The summed E-state index contributed by atoms with van der Waals surface area (Å²) in [5.74, 6) is 1.33. The molecule has 1 aliphatic rings. The largest absolute Gasteiger partial charge is 0.453 e. The maximum Gasteiger partial charge on any atom is 0.231 e. The molecule has 0 unspecified atom stereocenters. The number of ether oxygens (including phenoxy) is 2. The molecule has 82 valence electrons. The van der Waals surface area contributed by atoms with Crippen LogP contribution < -0.4 is 15.2 Å². The molecule has 2 heterocycles. The summed E-state index contributed by atoms with van der Waals surface area (Å²) in [7, 11) is 1.87. The van der Waals surface area contributed by atoms with Gasteiger partial charge in [0, 0.05) is 18.8 Å². The molecule has 1 aliphatic heterocycles. The molecule has 0 amide bonds. The molecule has 0 bridgehead atoms. The highest BCUT2D eigenvalue weighted by Crippen LogP contribution is 2.41. The summed E-state index contributed by atoms with van der Waals surface area (Å²) in [6.07, 6.45) is 3.72. The van der Waals surface area contributed by atoms with Crippen molar-refractivity contribution in [2.45, 2.75) is 0 Å². The first-order valence-electron chi connectivity index (χ1n) is 4.92.